The molecular weight excluding hydrogens is 226 g/mol. The summed E-state index contributed by atoms with van der Waals surface area (Å²) in [6.07, 6.45) is 2.32. The van der Waals surface area contributed by atoms with E-state index in [1.54, 1.807) is 11.3 Å². The van der Waals surface area contributed by atoms with Crippen molar-refractivity contribution < 1.29 is 0 Å². The lowest BCUT2D eigenvalue weighted by Crippen LogP contribution is -2.23. The second-order valence-corrected chi connectivity index (χ2v) is 5.62. The fraction of sp³-hybridized carbons (Fsp3) is 0.667. The number of rotatable bonds is 6. The molecule has 0 radical (unpaired) electrons. The van der Waals surface area contributed by atoms with Gasteiger partial charge >= 0.3 is 0 Å². The van der Waals surface area contributed by atoms with Gasteiger partial charge in [0.1, 0.15) is 0 Å². The summed E-state index contributed by atoms with van der Waals surface area (Å²) in [6.45, 7) is 7.76. The zero-order chi connectivity index (χ0) is 11.3. The van der Waals surface area contributed by atoms with Gasteiger partial charge < -0.3 is 5.32 Å². The van der Waals surface area contributed by atoms with Crippen LogP contribution >= 0.6 is 22.9 Å². The minimum atomic E-state index is 0.428. The van der Waals surface area contributed by atoms with Crippen LogP contribution in [0, 0.1) is 5.92 Å². The van der Waals surface area contributed by atoms with E-state index >= 15 is 0 Å². The van der Waals surface area contributed by atoms with Crippen LogP contribution in [0.25, 0.3) is 0 Å². The van der Waals surface area contributed by atoms with Crippen molar-refractivity contribution in [1.82, 2.24) is 5.32 Å². The third kappa shape index (κ3) is 4.13. The van der Waals surface area contributed by atoms with Crippen LogP contribution in [0.3, 0.4) is 0 Å². The fourth-order valence-corrected chi connectivity index (χ4v) is 2.91. The highest BCUT2D eigenvalue weighted by molar-refractivity contribution is 7.10. The first kappa shape index (κ1) is 13.0. The van der Waals surface area contributed by atoms with Crippen molar-refractivity contribution in [3.63, 3.8) is 0 Å². The average Bonchev–Trinajstić information content (AvgIpc) is 2.58. The molecule has 1 heterocycles. The van der Waals surface area contributed by atoms with Gasteiger partial charge in [0.2, 0.25) is 0 Å². The first-order chi connectivity index (χ1) is 7.15. The second kappa shape index (κ2) is 6.51. The molecule has 15 heavy (non-hydrogen) atoms. The standard InChI is InChI=1S/C12H20ClNS/c1-4-6-14-11(8-9(2)3)12-10(13)5-7-15-12/h5,7,9,11,14H,4,6,8H2,1-3H3. The SMILES string of the molecule is CCCNC(CC(C)C)c1sccc1Cl. The number of halogens is 1. The summed E-state index contributed by atoms with van der Waals surface area (Å²) >= 11 is 7.92. The molecule has 1 nitrogen and oxygen atoms in total. The molecule has 0 fully saturated rings. The van der Waals surface area contributed by atoms with E-state index in [-0.39, 0.29) is 0 Å². The molecule has 1 N–H and O–H groups in total. The monoisotopic (exact) mass is 245 g/mol. The third-order valence-corrected chi connectivity index (χ3v) is 3.78. The van der Waals surface area contributed by atoms with E-state index < -0.39 is 0 Å². The van der Waals surface area contributed by atoms with Gasteiger partial charge in [-0.2, -0.15) is 0 Å². The Bertz CT molecular complexity index is 283. The largest absolute Gasteiger partial charge is 0.309 e. The van der Waals surface area contributed by atoms with Crippen LogP contribution in [0.5, 0.6) is 0 Å². The molecule has 1 aromatic rings. The molecule has 0 amide bonds. The minimum Gasteiger partial charge on any atom is -0.309 e. The summed E-state index contributed by atoms with van der Waals surface area (Å²) in [7, 11) is 0. The van der Waals surface area contributed by atoms with Crippen molar-refractivity contribution in [3.8, 4) is 0 Å². The van der Waals surface area contributed by atoms with Gasteiger partial charge in [-0.1, -0.05) is 32.4 Å². The molecule has 0 aliphatic heterocycles. The summed E-state index contributed by atoms with van der Waals surface area (Å²) < 4.78 is 0. The van der Waals surface area contributed by atoms with Crippen LogP contribution < -0.4 is 5.32 Å². The van der Waals surface area contributed by atoms with Crippen LogP contribution in [-0.2, 0) is 0 Å². The van der Waals surface area contributed by atoms with Crippen molar-refractivity contribution in [2.24, 2.45) is 5.92 Å². The molecule has 1 unspecified atom stereocenters. The molecule has 0 spiro atoms. The maximum absolute atomic E-state index is 6.17. The lowest BCUT2D eigenvalue weighted by Gasteiger charge is -2.19. The van der Waals surface area contributed by atoms with Gasteiger partial charge in [0.25, 0.3) is 0 Å². The molecule has 0 bridgehead atoms. The maximum Gasteiger partial charge on any atom is 0.0561 e. The predicted octanol–water partition coefficient (Wildman–Crippen LogP) is 4.49. The van der Waals surface area contributed by atoms with E-state index in [1.165, 1.54) is 4.88 Å². The highest BCUT2D eigenvalue weighted by Gasteiger charge is 2.16. The van der Waals surface area contributed by atoms with Crippen LogP contribution in [0.1, 0.15) is 44.5 Å². The van der Waals surface area contributed by atoms with E-state index in [9.17, 15) is 0 Å². The topological polar surface area (TPSA) is 12.0 Å². The van der Waals surface area contributed by atoms with Crippen LogP contribution in [0.4, 0.5) is 0 Å². The Kier molecular flexibility index (Phi) is 5.65. The zero-order valence-electron chi connectivity index (χ0n) is 9.72. The van der Waals surface area contributed by atoms with Crippen LogP contribution in [0.15, 0.2) is 11.4 Å². The Morgan fingerprint density at radius 2 is 2.20 bits per heavy atom. The second-order valence-electron chi connectivity index (χ2n) is 4.27. The lowest BCUT2D eigenvalue weighted by molar-refractivity contribution is 0.435. The molecule has 1 aromatic heterocycles. The smallest absolute Gasteiger partial charge is 0.0561 e. The first-order valence-electron chi connectivity index (χ1n) is 5.61. The maximum atomic E-state index is 6.17. The third-order valence-electron chi connectivity index (χ3n) is 2.31. The van der Waals surface area contributed by atoms with Crippen molar-refractivity contribution in [2.45, 2.75) is 39.7 Å². The van der Waals surface area contributed by atoms with Crippen molar-refractivity contribution in [3.05, 3.63) is 21.3 Å². The Morgan fingerprint density at radius 3 is 2.67 bits per heavy atom. The Morgan fingerprint density at radius 1 is 1.47 bits per heavy atom. The summed E-state index contributed by atoms with van der Waals surface area (Å²) in [5.74, 6) is 0.692. The molecule has 86 valence electrons. The van der Waals surface area contributed by atoms with Crippen molar-refractivity contribution in [1.29, 1.82) is 0 Å². The number of hydrogen-bond donors (Lipinski definition) is 1. The summed E-state index contributed by atoms with van der Waals surface area (Å²) in [5.41, 5.74) is 0. The van der Waals surface area contributed by atoms with Gasteiger partial charge in [0.05, 0.1) is 5.02 Å². The highest BCUT2D eigenvalue weighted by atomic mass is 35.5. The van der Waals surface area contributed by atoms with E-state index in [0.717, 1.165) is 24.4 Å². The average molecular weight is 246 g/mol. The predicted molar refractivity (Wildman–Crippen MR) is 69.8 cm³/mol. The Labute approximate surface area is 102 Å². The Balaban J connectivity index is 2.67. The van der Waals surface area contributed by atoms with E-state index in [1.807, 2.05) is 6.07 Å². The molecule has 0 saturated heterocycles. The molecule has 3 heteroatoms. The molecule has 1 atom stereocenters. The van der Waals surface area contributed by atoms with Gasteiger partial charge in [-0.05, 0) is 36.8 Å². The van der Waals surface area contributed by atoms with Crippen LogP contribution in [0.2, 0.25) is 5.02 Å². The van der Waals surface area contributed by atoms with Gasteiger partial charge in [0.15, 0.2) is 0 Å². The first-order valence-corrected chi connectivity index (χ1v) is 6.87. The minimum absolute atomic E-state index is 0.428. The van der Waals surface area contributed by atoms with E-state index in [4.69, 9.17) is 11.6 Å². The van der Waals surface area contributed by atoms with Crippen molar-refractivity contribution >= 4 is 22.9 Å². The summed E-state index contributed by atoms with van der Waals surface area (Å²) in [4.78, 5) is 1.29. The highest BCUT2D eigenvalue weighted by Crippen LogP contribution is 2.32. The number of thiophene rings is 1. The molecular formula is C12H20ClNS. The molecule has 0 aromatic carbocycles. The van der Waals surface area contributed by atoms with E-state index in [2.05, 4.69) is 31.5 Å². The van der Waals surface area contributed by atoms with Crippen LogP contribution in [-0.4, -0.2) is 6.54 Å². The molecule has 1 rings (SSSR count). The normalized spacial score (nSPS) is 13.4. The lowest BCUT2D eigenvalue weighted by atomic mass is 10.0. The number of nitrogens with one attached hydrogen (secondary N) is 1. The number of hydrogen-bond acceptors (Lipinski definition) is 2. The van der Waals surface area contributed by atoms with Gasteiger partial charge in [-0.15, -0.1) is 11.3 Å². The molecule has 0 aliphatic rings. The fourth-order valence-electron chi connectivity index (χ4n) is 1.63. The quantitative estimate of drug-likeness (QED) is 0.779. The van der Waals surface area contributed by atoms with Gasteiger partial charge in [-0.25, -0.2) is 0 Å². The summed E-state index contributed by atoms with van der Waals surface area (Å²) in [5, 5.41) is 6.55. The van der Waals surface area contributed by atoms with Crippen molar-refractivity contribution in [2.75, 3.05) is 6.54 Å². The van der Waals surface area contributed by atoms with E-state index in [0.29, 0.717) is 12.0 Å². The van der Waals surface area contributed by atoms with Gasteiger partial charge in [-0.3, -0.25) is 0 Å². The molecule has 0 aliphatic carbocycles. The molecule has 0 saturated carbocycles. The Hall–Kier alpha value is -0.0500. The summed E-state index contributed by atoms with van der Waals surface area (Å²) in [6, 6.07) is 2.42. The zero-order valence-corrected chi connectivity index (χ0v) is 11.3. The van der Waals surface area contributed by atoms with Gasteiger partial charge in [0, 0.05) is 10.9 Å².